The van der Waals surface area contributed by atoms with Gasteiger partial charge in [0.05, 0.1) is 5.92 Å². The van der Waals surface area contributed by atoms with Crippen molar-refractivity contribution in [3.05, 3.63) is 52.5 Å². The van der Waals surface area contributed by atoms with Gasteiger partial charge in [0.1, 0.15) is 11.0 Å². The fourth-order valence-corrected chi connectivity index (χ4v) is 2.83. The first-order chi connectivity index (χ1) is 11.0. The fraction of sp³-hybridized carbons (Fsp3) is 0.312. The molecule has 7 heteroatoms. The molecule has 0 bridgehead atoms. The highest BCUT2D eigenvalue weighted by molar-refractivity contribution is 7.09. The summed E-state index contributed by atoms with van der Waals surface area (Å²) in [6.45, 7) is 1.71. The lowest BCUT2D eigenvalue weighted by Gasteiger charge is -2.24. The van der Waals surface area contributed by atoms with Gasteiger partial charge in [-0.2, -0.15) is 0 Å². The van der Waals surface area contributed by atoms with Crippen molar-refractivity contribution in [1.82, 2.24) is 15.2 Å². The molecule has 6 nitrogen and oxygen atoms in total. The van der Waals surface area contributed by atoms with Crippen molar-refractivity contribution < 1.29 is 14.7 Å². The topological polar surface area (TPSA) is 82.5 Å². The molecule has 2 N–H and O–H groups in total. The SMILES string of the molecule is CC(CN(C)C(=O)NC(c1ccccc1)c1nccs1)C(=O)O. The lowest BCUT2D eigenvalue weighted by Crippen LogP contribution is -2.42. The van der Waals surface area contributed by atoms with Crippen molar-refractivity contribution in [2.75, 3.05) is 13.6 Å². The predicted molar refractivity (Wildman–Crippen MR) is 88.4 cm³/mol. The smallest absolute Gasteiger partial charge is 0.317 e. The minimum atomic E-state index is -0.927. The Morgan fingerprint density at radius 3 is 2.61 bits per heavy atom. The third-order valence-corrected chi connectivity index (χ3v) is 4.26. The number of hydrogen-bond donors (Lipinski definition) is 2. The van der Waals surface area contributed by atoms with Gasteiger partial charge in [0, 0.05) is 25.2 Å². The Balaban J connectivity index is 2.12. The molecule has 0 fully saturated rings. The summed E-state index contributed by atoms with van der Waals surface area (Å²) in [5.41, 5.74) is 0.926. The molecule has 1 aromatic carbocycles. The highest BCUT2D eigenvalue weighted by Crippen LogP contribution is 2.23. The van der Waals surface area contributed by atoms with Crippen LogP contribution in [-0.4, -0.2) is 40.6 Å². The Morgan fingerprint density at radius 1 is 1.35 bits per heavy atom. The standard InChI is InChI=1S/C16H19N3O3S/c1-11(15(20)21)10-19(2)16(22)18-13(14-17-8-9-23-14)12-6-4-3-5-7-12/h3-9,11,13H,10H2,1-2H3,(H,18,22)(H,20,21). The lowest BCUT2D eigenvalue weighted by molar-refractivity contribution is -0.141. The monoisotopic (exact) mass is 333 g/mol. The summed E-state index contributed by atoms with van der Waals surface area (Å²) < 4.78 is 0. The Kier molecular flexibility index (Phi) is 5.70. The number of carboxylic acid groups (broad SMARTS) is 1. The van der Waals surface area contributed by atoms with Crippen molar-refractivity contribution >= 4 is 23.3 Å². The number of carboxylic acids is 1. The van der Waals surface area contributed by atoms with Crippen molar-refractivity contribution in [2.24, 2.45) is 5.92 Å². The normalized spacial score (nSPS) is 13.1. The van der Waals surface area contributed by atoms with Gasteiger partial charge in [0.2, 0.25) is 0 Å². The molecule has 1 aromatic heterocycles. The van der Waals surface area contributed by atoms with Crippen molar-refractivity contribution in [3.63, 3.8) is 0 Å². The molecule has 0 aliphatic rings. The van der Waals surface area contributed by atoms with E-state index in [2.05, 4.69) is 10.3 Å². The number of nitrogens with zero attached hydrogens (tertiary/aromatic N) is 2. The third kappa shape index (κ3) is 4.53. The Hall–Kier alpha value is -2.41. The minimum absolute atomic E-state index is 0.139. The zero-order chi connectivity index (χ0) is 16.8. The van der Waals surface area contributed by atoms with Gasteiger partial charge in [-0.05, 0) is 5.56 Å². The van der Waals surface area contributed by atoms with Crippen LogP contribution in [0.15, 0.2) is 41.9 Å². The van der Waals surface area contributed by atoms with E-state index in [4.69, 9.17) is 5.11 Å². The van der Waals surface area contributed by atoms with Crippen LogP contribution in [0.25, 0.3) is 0 Å². The summed E-state index contributed by atoms with van der Waals surface area (Å²) in [7, 11) is 1.58. The van der Waals surface area contributed by atoms with Crippen LogP contribution in [0.1, 0.15) is 23.5 Å². The first-order valence-electron chi connectivity index (χ1n) is 7.17. The lowest BCUT2D eigenvalue weighted by atomic mass is 10.1. The Bertz CT molecular complexity index is 646. The molecule has 2 amide bonds. The largest absolute Gasteiger partial charge is 0.481 e. The molecule has 0 aliphatic heterocycles. The van der Waals surface area contributed by atoms with Gasteiger partial charge in [-0.1, -0.05) is 37.3 Å². The zero-order valence-corrected chi connectivity index (χ0v) is 13.8. The molecule has 2 rings (SSSR count). The number of nitrogens with one attached hydrogen (secondary N) is 1. The van der Waals surface area contributed by atoms with Crippen molar-refractivity contribution in [3.8, 4) is 0 Å². The average Bonchev–Trinajstić information content (AvgIpc) is 3.07. The van der Waals surface area contributed by atoms with Gasteiger partial charge in [-0.3, -0.25) is 4.79 Å². The maximum atomic E-state index is 12.4. The number of carbonyl (C=O) groups is 2. The van der Waals surface area contributed by atoms with Gasteiger partial charge in [-0.15, -0.1) is 11.3 Å². The van der Waals surface area contributed by atoms with E-state index in [9.17, 15) is 9.59 Å². The van der Waals surface area contributed by atoms with E-state index >= 15 is 0 Å². The number of rotatable bonds is 6. The van der Waals surface area contributed by atoms with Crippen molar-refractivity contribution in [2.45, 2.75) is 13.0 Å². The van der Waals surface area contributed by atoms with E-state index < -0.39 is 11.9 Å². The molecule has 0 saturated heterocycles. The first-order valence-corrected chi connectivity index (χ1v) is 8.05. The second-order valence-electron chi connectivity index (χ2n) is 5.28. The number of hydrogen-bond acceptors (Lipinski definition) is 4. The van der Waals surface area contributed by atoms with Crippen LogP contribution in [0.5, 0.6) is 0 Å². The molecule has 2 atom stereocenters. The maximum absolute atomic E-state index is 12.4. The number of carbonyl (C=O) groups excluding carboxylic acids is 1. The van der Waals surface area contributed by atoms with Gasteiger partial charge in [-0.25, -0.2) is 9.78 Å². The molecule has 0 saturated carbocycles. The predicted octanol–water partition coefficient (Wildman–Crippen LogP) is 2.59. The van der Waals surface area contributed by atoms with Gasteiger partial charge >= 0.3 is 12.0 Å². The van der Waals surface area contributed by atoms with Gasteiger partial charge < -0.3 is 15.3 Å². The number of thiazole rings is 1. The molecule has 122 valence electrons. The number of aromatic nitrogens is 1. The molecule has 0 aliphatic carbocycles. The molecule has 0 radical (unpaired) electrons. The van der Waals surface area contributed by atoms with E-state index in [-0.39, 0.29) is 18.6 Å². The van der Waals surface area contributed by atoms with E-state index in [0.717, 1.165) is 10.6 Å². The summed E-state index contributed by atoms with van der Waals surface area (Å²) in [4.78, 5) is 29.0. The van der Waals surface area contributed by atoms with Gasteiger partial charge in [0.25, 0.3) is 0 Å². The van der Waals surface area contributed by atoms with E-state index in [1.54, 1.807) is 20.2 Å². The highest BCUT2D eigenvalue weighted by atomic mass is 32.1. The summed E-state index contributed by atoms with van der Waals surface area (Å²) in [5, 5.41) is 14.5. The van der Waals surface area contributed by atoms with E-state index in [1.807, 2.05) is 35.7 Å². The van der Waals surface area contributed by atoms with Gasteiger partial charge in [0.15, 0.2) is 0 Å². The second-order valence-corrected chi connectivity index (χ2v) is 6.21. The fourth-order valence-electron chi connectivity index (χ4n) is 2.12. The molecular weight excluding hydrogens is 314 g/mol. The molecular formula is C16H19N3O3S. The molecule has 2 unspecified atom stereocenters. The van der Waals surface area contributed by atoms with Crippen LogP contribution in [-0.2, 0) is 4.79 Å². The average molecular weight is 333 g/mol. The summed E-state index contributed by atoms with van der Waals surface area (Å²) >= 11 is 1.46. The quantitative estimate of drug-likeness (QED) is 0.851. The van der Waals surface area contributed by atoms with Crippen LogP contribution in [0, 0.1) is 5.92 Å². The number of amides is 2. The van der Waals surface area contributed by atoms with E-state index in [1.165, 1.54) is 16.2 Å². The Morgan fingerprint density at radius 2 is 2.04 bits per heavy atom. The molecule has 23 heavy (non-hydrogen) atoms. The first kappa shape index (κ1) is 17.0. The number of aliphatic carboxylic acids is 1. The maximum Gasteiger partial charge on any atom is 0.317 e. The molecule has 2 aromatic rings. The summed E-state index contributed by atoms with van der Waals surface area (Å²) in [6, 6.07) is 8.87. The second kappa shape index (κ2) is 7.73. The van der Waals surface area contributed by atoms with E-state index in [0.29, 0.717) is 0 Å². The third-order valence-electron chi connectivity index (χ3n) is 3.42. The van der Waals surface area contributed by atoms with Crippen LogP contribution < -0.4 is 5.32 Å². The van der Waals surface area contributed by atoms with Crippen LogP contribution in [0.4, 0.5) is 4.79 Å². The molecule has 0 spiro atoms. The minimum Gasteiger partial charge on any atom is -0.481 e. The summed E-state index contributed by atoms with van der Waals surface area (Å²) in [6.07, 6.45) is 1.69. The Labute approximate surface area is 138 Å². The van der Waals surface area contributed by atoms with Crippen molar-refractivity contribution in [1.29, 1.82) is 0 Å². The highest BCUT2D eigenvalue weighted by Gasteiger charge is 2.23. The molecule has 1 heterocycles. The number of benzene rings is 1. The van der Waals surface area contributed by atoms with Crippen LogP contribution >= 0.6 is 11.3 Å². The van der Waals surface area contributed by atoms with Crippen LogP contribution in [0.2, 0.25) is 0 Å². The number of urea groups is 1. The summed E-state index contributed by atoms with van der Waals surface area (Å²) in [5.74, 6) is -1.55. The van der Waals surface area contributed by atoms with Crippen LogP contribution in [0.3, 0.4) is 0 Å². The zero-order valence-electron chi connectivity index (χ0n) is 13.0.